The minimum absolute atomic E-state index is 0.143. The van der Waals surface area contributed by atoms with Gasteiger partial charge in [-0.25, -0.2) is 14.6 Å². The van der Waals surface area contributed by atoms with Gasteiger partial charge in [-0.3, -0.25) is 9.36 Å². The molecular weight excluding hydrogens is 657 g/mol. The molecule has 2 heterocycles. The third-order valence-electron chi connectivity index (χ3n) is 8.12. The average Bonchev–Trinajstić information content (AvgIpc) is 3.44. The SMILES string of the molecule is CCOC(=O)C1=C(C)N=c2s/c(=C/c3c(OCc4ccccc4)ccc4ccccc34)c(=O)n2[C@H]1c1ccc(OCC(=O)OC)c(OCC)c1. The lowest BCUT2D eigenvalue weighted by molar-refractivity contribution is -0.143. The lowest BCUT2D eigenvalue weighted by Crippen LogP contribution is -2.40. The minimum atomic E-state index is -0.886. The molecule has 1 aromatic heterocycles. The van der Waals surface area contributed by atoms with E-state index in [1.165, 1.54) is 23.0 Å². The number of fused-ring (bicyclic) bond motifs is 2. The Morgan fingerprint density at radius 3 is 2.40 bits per heavy atom. The number of allylic oxidation sites excluding steroid dienone is 1. The molecule has 50 heavy (non-hydrogen) atoms. The van der Waals surface area contributed by atoms with E-state index in [1.54, 1.807) is 32.0 Å². The number of hydrogen-bond acceptors (Lipinski definition) is 10. The van der Waals surface area contributed by atoms with Crippen LogP contribution >= 0.6 is 11.3 Å². The van der Waals surface area contributed by atoms with E-state index in [1.807, 2.05) is 79.7 Å². The molecule has 0 fully saturated rings. The number of hydrogen-bond donors (Lipinski definition) is 0. The Bertz CT molecular complexity index is 2270. The molecule has 0 bridgehead atoms. The number of carbonyl (C=O) groups is 2. The Morgan fingerprint density at radius 1 is 0.880 bits per heavy atom. The predicted molar refractivity (Wildman–Crippen MR) is 190 cm³/mol. The van der Waals surface area contributed by atoms with E-state index < -0.39 is 18.0 Å². The highest BCUT2D eigenvalue weighted by Gasteiger charge is 2.34. The van der Waals surface area contributed by atoms with Crippen molar-refractivity contribution < 1.29 is 33.3 Å². The van der Waals surface area contributed by atoms with Gasteiger partial charge in [0, 0.05) is 5.56 Å². The third kappa shape index (κ3) is 7.04. The van der Waals surface area contributed by atoms with E-state index in [9.17, 15) is 14.4 Å². The van der Waals surface area contributed by atoms with Crippen molar-refractivity contribution in [3.8, 4) is 17.2 Å². The number of nitrogens with zero attached hydrogens (tertiary/aromatic N) is 2. The lowest BCUT2D eigenvalue weighted by atomic mass is 9.95. The van der Waals surface area contributed by atoms with E-state index >= 15 is 0 Å². The summed E-state index contributed by atoms with van der Waals surface area (Å²) in [5.41, 5.74) is 2.67. The van der Waals surface area contributed by atoms with Gasteiger partial charge in [-0.05, 0) is 66.9 Å². The van der Waals surface area contributed by atoms with Crippen molar-refractivity contribution in [2.75, 3.05) is 26.9 Å². The number of aromatic nitrogens is 1. The third-order valence-corrected chi connectivity index (χ3v) is 9.10. The molecular formula is C39H36N2O8S. The van der Waals surface area contributed by atoms with Crippen LogP contribution in [0.5, 0.6) is 17.2 Å². The number of thiazole rings is 1. The van der Waals surface area contributed by atoms with Gasteiger partial charge < -0.3 is 23.7 Å². The van der Waals surface area contributed by atoms with Gasteiger partial charge in [-0.15, -0.1) is 0 Å². The molecule has 0 radical (unpaired) electrons. The molecule has 0 saturated heterocycles. The van der Waals surface area contributed by atoms with Crippen LogP contribution in [0.15, 0.2) is 106 Å². The van der Waals surface area contributed by atoms with Crippen molar-refractivity contribution in [1.29, 1.82) is 0 Å². The first kappa shape index (κ1) is 34.2. The summed E-state index contributed by atoms with van der Waals surface area (Å²) in [6.07, 6.45) is 1.84. The predicted octanol–water partition coefficient (Wildman–Crippen LogP) is 5.48. The Hall–Kier alpha value is -5.68. The van der Waals surface area contributed by atoms with Crippen molar-refractivity contribution >= 4 is 40.1 Å². The summed E-state index contributed by atoms with van der Waals surface area (Å²) in [5.74, 6) is 0.146. The molecule has 11 heteroatoms. The molecule has 10 nitrogen and oxygen atoms in total. The van der Waals surface area contributed by atoms with Crippen molar-refractivity contribution in [1.82, 2.24) is 4.57 Å². The number of esters is 2. The maximum absolute atomic E-state index is 14.5. The largest absolute Gasteiger partial charge is 0.490 e. The molecule has 0 N–H and O–H groups in total. The zero-order chi connectivity index (χ0) is 35.2. The van der Waals surface area contributed by atoms with Gasteiger partial charge in [-0.2, -0.15) is 0 Å². The second kappa shape index (κ2) is 15.3. The summed E-state index contributed by atoms with van der Waals surface area (Å²) in [7, 11) is 1.28. The van der Waals surface area contributed by atoms with Gasteiger partial charge in [-0.1, -0.05) is 78.1 Å². The van der Waals surface area contributed by atoms with Crippen LogP contribution in [0, 0.1) is 0 Å². The first-order chi connectivity index (χ1) is 24.3. The van der Waals surface area contributed by atoms with Crippen LogP contribution in [0.2, 0.25) is 0 Å². The topological polar surface area (TPSA) is 115 Å². The van der Waals surface area contributed by atoms with Crippen molar-refractivity contribution in [2.45, 2.75) is 33.4 Å². The van der Waals surface area contributed by atoms with Crippen LogP contribution in [-0.4, -0.2) is 43.4 Å². The summed E-state index contributed by atoms with van der Waals surface area (Å²) >= 11 is 1.23. The van der Waals surface area contributed by atoms with E-state index in [-0.39, 0.29) is 24.3 Å². The maximum Gasteiger partial charge on any atom is 0.343 e. The number of benzene rings is 4. The highest BCUT2D eigenvalue weighted by atomic mass is 32.1. The maximum atomic E-state index is 14.5. The van der Waals surface area contributed by atoms with Crippen molar-refractivity contribution in [2.24, 2.45) is 4.99 Å². The quantitative estimate of drug-likeness (QED) is 0.158. The van der Waals surface area contributed by atoms with E-state index in [4.69, 9.17) is 28.7 Å². The summed E-state index contributed by atoms with van der Waals surface area (Å²) in [4.78, 5) is 44.9. The van der Waals surface area contributed by atoms with Gasteiger partial charge in [0.1, 0.15) is 12.4 Å². The number of ether oxygens (including phenoxy) is 5. The Morgan fingerprint density at radius 2 is 1.64 bits per heavy atom. The van der Waals surface area contributed by atoms with Gasteiger partial charge in [0.2, 0.25) is 0 Å². The van der Waals surface area contributed by atoms with E-state index in [0.717, 1.165) is 21.9 Å². The van der Waals surface area contributed by atoms with Crippen molar-refractivity contribution in [3.05, 3.63) is 133 Å². The molecule has 1 aliphatic heterocycles. The normalized spacial score (nSPS) is 14.2. The standard InChI is InChI=1S/C39H36N2O8S/c1-5-46-32-20-27(17-19-31(32)49-23-34(42)45-4)36-35(38(44)47-6-2)24(3)40-39-41(36)37(43)33(50-39)21-29-28-15-11-10-14-26(28)16-18-30(29)48-22-25-12-8-7-9-13-25/h7-21,36H,5-6,22-23H2,1-4H3/b33-21+/t36-/m0/s1. The molecule has 0 amide bonds. The lowest BCUT2D eigenvalue weighted by Gasteiger charge is -2.25. The summed E-state index contributed by atoms with van der Waals surface area (Å²) in [5, 5.41) is 1.92. The second-order valence-corrected chi connectivity index (χ2v) is 12.3. The molecule has 0 unspecified atom stereocenters. The number of rotatable bonds is 12. The number of carbonyl (C=O) groups excluding carboxylic acids is 2. The summed E-state index contributed by atoms with van der Waals surface area (Å²) in [6, 6.07) is 25.9. The first-order valence-corrected chi connectivity index (χ1v) is 17.0. The van der Waals surface area contributed by atoms with Gasteiger partial charge in [0.05, 0.1) is 42.2 Å². The molecule has 0 saturated carbocycles. The molecule has 5 aromatic rings. The van der Waals surface area contributed by atoms with Crippen LogP contribution in [0.1, 0.15) is 43.5 Å². The molecule has 256 valence electrons. The van der Waals surface area contributed by atoms with Crippen LogP contribution in [0.25, 0.3) is 16.8 Å². The second-order valence-electron chi connectivity index (χ2n) is 11.3. The van der Waals surface area contributed by atoms with Crippen LogP contribution in [0.4, 0.5) is 0 Å². The van der Waals surface area contributed by atoms with E-state index in [2.05, 4.69) is 0 Å². The highest BCUT2D eigenvalue weighted by Crippen LogP contribution is 2.37. The van der Waals surface area contributed by atoms with E-state index in [0.29, 0.717) is 51.1 Å². The zero-order valence-electron chi connectivity index (χ0n) is 28.1. The van der Waals surface area contributed by atoms with Gasteiger partial charge in [0.25, 0.3) is 5.56 Å². The summed E-state index contributed by atoms with van der Waals surface area (Å²) < 4.78 is 30.0. The summed E-state index contributed by atoms with van der Waals surface area (Å²) in [6.45, 7) is 5.76. The van der Waals surface area contributed by atoms with Crippen LogP contribution < -0.4 is 29.1 Å². The fourth-order valence-electron chi connectivity index (χ4n) is 5.80. The Balaban J connectivity index is 1.51. The first-order valence-electron chi connectivity index (χ1n) is 16.2. The Labute approximate surface area is 292 Å². The van der Waals surface area contributed by atoms with Crippen molar-refractivity contribution in [3.63, 3.8) is 0 Å². The molecule has 4 aromatic carbocycles. The fraction of sp³-hybridized carbons (Fsp3) is 0.231. The smallest absolute Gasteiger partial charge is 0.343 e. The molecule has 0 spiro atoms. The average molecular weight is 693 g/mol. The fourth-order valence-corrected chi connectivity index (χ4v) is 6.83. The molecule has 1 aliphatic rings. The van der Waals surface area contributed by atoms with Crippen LogP contribution in [0.3, 0.4) is 0 Å². The van der Waals surface area contributed by atoms with Crippen LogP contribution in [-0.2, 0) is 25.7 Å². The van der Waals surface area contributed by atoms with Gasteiger partial charge >= 0.3 is 11.9 Å². The Kier molecular flexibility index (Phi) is 10.4. The number of methoxy groups -OCH3 is 1. The van der Waals surface area contributed by atoms with Gasteiger partial charge in [0.15, 0.2) is 22.9 Å². The zero-order valence-corrected chi connectivity index (χ0v) is 29.0. The molecule has 6 rings (SSSR count). The molecule has 0 aliphatic carbocycles. The monoisotopic (exact) mass is 692 g/mol. The molecule has 1 atom stereocenters. The minimum Gasteiger partial charge on any atom is -0.490 e. The highest BCUT2D eigenvalue weighted by molar-refractivity contribution is 7.07.